The molecule has 3 heterocycles. The fourth-order valence-corrected chi connectivity index (χ4v) is 5.76. The second-order valence-electron chi connectivity index (χ2n) is 8.21. The van der Waals surface area contributed by atoms with Gasteiger partial charge in [-0.15, -0.1) is 0 Å². The highest BCUT2D eigenvalue weighted by Gasteiger charge is 2.33. The third-order valence-corrected chi connectivity index (χ3v) is 7.90. The molecule has 0 unspecified atom stereocenters. The SMILES string of the molecule is CNc1nc([C@H]2CCCN(S(=O)(=O)c3ccc(C)c(F)c3)C2)nc2c1CCN(C)C2. The van der Waals surface area contributed by atoms with Crippen LogP contribution in [0.15, 0.2) is 23.1 Å². The van der Waals surface area contributed by atoms with E-state index in [0.717, 1.165) is 49.1 Å². The Hall–Kier alpha value is -2.10. The molecular weight excluding hydrogens is 405 g/mol. The standard InChI is InChI=1S/C21H28FN5O2S/c1-14-6-7-16(11-18(14)22)30(28,29)27-9-4-5-15(12-27)20-24-19-13-26(3)10-8-17(19)21(23-2)25-20/h6-7,11,15H,4-5,8-10,12-13H2,1-3H3,(H,23,24,25)/t15-/m0/s1. The molecule has 0 saturated carbocycles. The maximum atomic E-state index is 14.0. The van der Waals surface area contributed by atoms with Crippen LogP contribution in [0.3, 0.4) is 0 Å². The molecule has 2 aliphatic rings. The van der Waals surface area contributed by atoms with Gasteiger partial charge in [0.25, 0.3) is 0 Å². The minimum Gasteiger partial charge on any atom is -0.373 e. The molecule has 0 bridgehead atoms. The summed E-state index contributed by atoms with van der Waals surface area (Å²) in [6.07, 6.45) is 2.44. The van der Waals surface area contributed by atoms with E-state index >= 15 is 0 Å². The first kappa shape index (κ1) is 21.1. The summed E-state index contributed by atoms with van der Waals surface area (Å²) in [5, 5.41) is 3.19. The van der Waals surface area contributed by atoms with Crippen LogP contribution in [0.4, 0.5) is 10.2 Å². The number of rotatable bonds is 4. The molecule has 1 saturated heterocycles. The van der Waals surface area contributed by atoms with Gasteiger partial charge in [-0.2, -0.15) is 4.31 Å². The van der Waals surface area contributed by atoms with E-state index in [9.17, 15) is 12.8 Å². The van der Waals surface area contributed by atoms with E-state index in [0.29, 0.717) is 30.9 Å². The fraction of sp³-hybridized carbons (Fsp3) is 0.524. The molecule has 0 amide bonds. The van der Waals surface area contributed by atoms with Crippen LogP contribution in [-0.2, 0) is 23.0 Å². The molecule has 0 spiro atoms. The van der Waals surface area contributed by atoms with Crippen LogP contribution >= 0.6 is 0 Å². The molecular formula is C21H28FN5O2S. The normalized spacial score (nSPS) is 20.7. The molecule has 4 rings (SSSR count). The van der Waals surface area contributed by atoms with Gasteiger partial charge in [-0.25, -0.2) is 22.8 Å². The zero-order valence-electron chi connectivity index (χ0n) is 17.7. The van der Waals surface area contributed by atoms with Gasteiger partial charge in [-0.05, 0) is 50.9 Å². The smallest absolute Gasteiger partial charge is 0.243 e. The molecule has 2 aliphatic heterocycles. The first-order valence-corrected chi connectivity index (χ1v) is 11.8. The monoisotopic (exact) mass is 433 g/mol. The average Bonchev–Trinajstić information content (AvgIpc) is 2.74. The Balaban J connectivity index is 1.63. The molecule has 30 heavy (non-hydrogen) atoms. The summed E-state index contributed by atoms with van der Waals surface area (Å²) in [7, 11) is 0.154. The fourth-order valence-electron chi connectivity index (χ4n) is 4.22. The topological polar surface area (TPSA) is 78.4 Å². The predicted molar refractivity (Wildman–Crippen MR) is 113 cm³/mol. The first-order valence-electron chi connectivity index (χ1n) is 10.3. The van der Waals surface area contributed by atoms with E-state index in [1.54, 1.807) is 6.92 Å². The molecule has 2 aromatic rings. The largest absolute Gasteiger partial charge is 0.373 e. The van der Waals surface area contributed by atoms with Crippen LogP contribution in [0, 0.1) is 12.7 Å². The minimum atomic E-state index is -3.77. The Morgan fingerprint density at radius 3 is 2.77 bits per heavy atom. The molecule has 7 nitrogen and oxygen atoms in total. The summed E-state index contributed by atoms with van der Waals surface area (Å²) >= 11 is 0. The lowest BCUT2D eigenvalue weighted by atomic mass is 9.97. The lowest BCUT2D eigenvalue weighted by Gasteiger charge is -2.32. The number of anilines is 1. The van der Waals surface area contributed by atoms with Gasteiger partial charge >= 0.3 is 0 Å². The van der Waals surface area contributed by atoms with Crippen LogP contribution in [0.25, 0.3) is 0 Å². The third-order valence-electron chi connectivity index (χ3n) is 6.04. The first-order chi connectivity index (χ1) is 14.3. The molecule has 0 radical (unpaired) electrons. The van der Waals surface area contributed by atoms with Crippen molar-refractivity contribution in [3.63, 3.8) is 0 Å². The summed E-state index contributed by atoms with van der Waals surface area (Å²) in [5.41, 5.74) is 2.59. The molecule has 1 aromatic carbocycles. The quantitative estimate of drug-likeness (QED) is 0.798. The van der Waals surface area contributed by atoms with Crippen molar-refractivity contribution in [3.8, 4) is 0 Å². The van der Waals surface area contributed by atoms with Gasteiger partial charge in [0.05, 0.1) is 10.6 Å². The van der Waals surface area contributed by atoms with Gasteiger partial charge in [-0.3, -0.25) is 0 Å². The number of hydrogen-bond acceptors (Lipinski definition) is 6. The molecule has 1 N–H and O–H groups in total. The van der Waals surface area contributed by atoms with Gasteiger partial charge in [0.2, 0.25) is 10.0 Å². The van der Waals surface area contributed by atoms with Gasteiger partial charge < -0.3 is 10.2 Å². The summed E-state index contributed by atoms with van der Waals surface area (Å²) < 4.78 is 41.7. The Morgan fingerprint density at radius 1 is 1.23 bits per heavy atom. The number of halogens is 1. The number of hydrogen-bond donors (Lipinski definition) is 1. The van der Waals surface area contributed by atoms with E-state index in [-0.39, 0.29) is 10.8 Å². The van der Waals surface area contributed by atoms with Crippen LogP contribution < -0.4 is 5.32 Å². The van der Waals surface area contributed by atoms with Gasteiger partial charge in [0.1, 0.15) is 17.5 Å². The van der Waals surface area contributed by atoms with E-state index in [2.05, 4.69) is 17.3 Å². The summed E-state index contributed by atoms with van der Waals surface area (Å²) in [5.74, 6) is 0.922. The molecule has 9 heteroatoms. The molecule has 0 aliphatic carbocycles. The lowest BCUT2D eigenvalue weighted by molar-refractivity contribution is 0.297. The number of nitrogens with one attached hydrogen (secondary N) is 1. The summed E-state index contributed by atoms with van der Waals surface area (Å²) in [4.78, 5) is 11.8. The van der Waals surface area contributed by atoms with Gasteiger partial charge in [0.15, 0.2) is 0 Å². The number of aromatic nitrogens is 2. The average molecular weight is 434 g/mol. The number of fused-ring (bicyclic) bond motifs is 1. The zero-order valence-corrected chi connectivity index (χ0v) is 18.5. The van der Waals surface area contributed by atoms with Crippen LogP contribution in [0.5, 0.6) is 0 Å². The van der Waals surface area contributed by atoms with Crippen molar-refractivity contribution in [2.45, 2.75) is 43.5 Å². The Morgan fingerprint density at radius 2 is 2.03 bits per heavy atom. The zero-order chi connectivity index (χ0) is 21.5. The highest BCUT2D eigenvalue weighted by molar-refractivity contribution is 7.89. The van der Waals surface area contributed by atoms with Crippen molar-refractivity contribution in [1.82, 2.24) is 19.2 Å². The van der Waals surface area contributed by atoms with E-state index in [1.807, 2.05) is 7.05 Å². The maximum Gasteiger partial charge on any atom is 0.243 e. The number of aryl methyl sites for hydroxylation is 1. The Labute approximate surface area is 177 Å². The Kier molecular flexibility index (Phi) is 5.78. The van der Waals surface area contributed by atoms with E-state index < -0.39 is 15.8 Å². The number of likely N-dealkylation sites (N-methyl/N-ethyl adjacent to an activating group) is 1. The van der Waals surface area contributed by atoms with Gasteiger partial charge in [0, 0.05) is 44.7 Å². The van der Waals surface area contributed by atoms with Crippen molar-refractivity contribution in [2.24, 2.45) is 0 Å². The second kappa shape index (κ2) is 8.20. The van der Waals surface area contributed by atoms with Crippen molar-refractivity contribution in [3.05, 3.63) is 46.7 Å². The Bertz CT molecular complexity index is 1060. The van der Waals surface area contributed by atoms with Gasteiger partial charge in [-0.1, -0.05) is 6.07 Å². The van der Waals surface area contributed by atoms with Crippen molar-refractivity contribution in [1.29, 1.82) is 0 Å². The molecule has 162 valence electrons. The third kappa shape index (κ3) is 3.93. The highest BCUT2D eigenvalue weighted by Crippen LogP contribution is 2.32. The summed E-state index contributed by atoms with van der Waals surface area (Å²) in [6, 6.07) is 4.09. The van der Waals surface area contributed by atoms with E-state index in [4.69, 9.17) is 9.97 Å². The van der Waals surface area contributed by atoms with E-state index in [1.165, 1.54) is 16.4 Å². The summed E-state index contributed by atoms with van der Waals surface area (Å²) in [6.45, 7) is 4.06. The predicted octanol–water partition coefficient (Wildman–Crippen LogP) is 2.52. The van der Waals surface area contributed by atoms with Crippen molar-refractivity contribution < 1.29 is 12.8 Å². The lowest BCUT2D eigenvalue weighted by Crippen LogP contribution is -2.40. The van der Waals surface area contributed by atoms with Crippen LogP contribution in [0.2, 0.25) is 0 Å². The number of benzene rings is 1. The number of piperidine rings is 1. The van der Waals surface area contributed by atoms with Crippen LogP contribution in [0.1, 0.15) is 41.4 Å². The number of nitrogens with zero attached hydrogens (tertiary/aromatic N) is 4. The van der Waals surface area contributed by atoms with Crippen LogP contribution in [-0.4, -0.2) is 61.3 Å². The second-order valence-corrected chi connectivity index (χ2v) is 10.1. The molecule has 1 aromatic heterocycles. The molecule has 1 fully saturated rings. The highest BCUT2D eigenvalue weighted by atomic mass is 32.2. The maximum absolute atomic E-state index is 14.0. The molecule has 1 atom stereocenters. The van der Waals surface area contributed by atoms with Crippen molar-refractivity contribution >= 4 is 15.8 Å². The minimum absolute atomic E-state index is 0.00449. The van der Waals surface area contributed by atoms with Crippen molar-refractivity contribution in [2.75, 3.05) is 39.0 Å². The number of sulfonamides is 1.